The van der Waals surface area contributed by atoms with E-state index in [0.717, 1.165) is 0 Å². The van der Waals surface area contributed by atoms with Crippen LogP contribution >= 0.6 is 0 Å². The topological polar surface area (TPSA) is 96.4 Å². The van der Waals surface area contributed by atoms with Crippen molar-refractivity contribution < 1.29 is 29.0 Å². The number of amides is 2. The van der Waals surface area contributed by atoms with Crippen molar-refractivity contribution in [3.05, 3.63) is 0 Å². The predicted molar refractivity (Wildman–Crippen MR) is 121 cm³/mol. The van der Waals surface area contributed by atoms with Gasteiger partial charge in [-0.25, -0.2) is 9.59 Å². The highest BCUT2D eigenvalue weighted by molar-refractivity contribution is 5.76. The predicted octanol–water partition coefficient (Wildman–Crippen LogP) is 4.76. The van der Waals surface area contributed by atoms with Crippen LogP contribution in [0.15, 0.2) is 0 Å². The second-order valence-corrected chi connectivity index (χ2v) is 11.2. The van der Waals surface area contributed by atoms with Crippen LogP contribution in [0.5, 0.6) is 0 Å². The molecule has 0 atom stereocenters. The van der Waals surface area contributed by atoms with E-state index in [1.807, 2.05) is 48.5 Å². The van der Waals surface area contributed by atoms with Gasteiger partial charge in [0.15, 0.2) is 0 Å². The van der Waals surface area contributed by atoms with Crippen LogP contribution in [0.1, 0.15) is 80.6 Å². The number of carboxylic acids is 1. The lowest BCUT2D eigenvalue weighted by Crippen LogP contribution is -2.53. The minimum Gasteiger partial charge on any atom is -0.481 e. The lowest BCUT2D eigenvalue weighted by atomic mass is 9.59. The average Bonchev–Trinajstić information content (AvgIpc) is 2.67. The van der Waals surface area contributed by atoms with Crippen molar-refractivity contribution in [2.75, 3.05) is 26.2 Å². The lowest BCUT2D eigenvalue weighted by molar-refractivity contribution is -0.161. The van der Waals surface area contributed by atoms with Gasteiger partial charge in [-0.15, -0.1) is 0 Å². The number of ether oxygens (including phenoxy) is 2. The molecule has 2 fully saturated rings. The van der Waals surface area contributed by atoms with Gasteiger partial charge in [-0.05, 0) is 85.5 Å². The van der Waals surface area contributed by atoms with Crippen LogP contribution < -0.4 is 0 Å². The van der Waals surface area contributed by atoms with Crippen molar-refractivity contribution in [2.24, 2.45) is 17.3 Å². The number of carbonyl (C=O) groups is 3. The molecule has 2 aliphatic heterocycles. The number of likely N-dealkylation sites (tertiary alicyclic amines) is 2. The second-order valence-electron chi connectivity index (χ2n) is 11.2. The van der Waals surface area contributed by atoms with E-state index < -0.39 is 22.6 Å². The number of aliphatic carboxylic acids is 1. The van der Waals surface area contributed by atoms with E-state index in [0.29, 0.717) is 58.3 Å². The molecule has 0 spiro atoms. The number of hydrogen-bond donors (Lipinski definition) is 1. The van der Waals surface area contributed by atoms with E-state index in [1.165, 1.54) is 0 Å². The fourth-order valence-electron chi connectivity index (χ4n) is 5.22. The van der Waals surface area contributed by atoms with Crippen LogP contribution in [0.2, 0.25) is 0 Å². The molecular weight excluding hydrogens is 412 g/mol. The summed E-state index contributed by atoms with van der Waals surface area (Å²) in [5.74, 6) is -0.782. The summed E-state index contributed by atoms with van der Waals surface area (Å²) in [4.78, 5) is 40.9. The van der Waals surface area contributed by atoms with E-state index in [-0.39, 0.29) is 24.0 Å². The van der Waals surface area contributed by atoms with Crippen LogP contribution in [0, 0.1) is 17.3 Å². The fraction of sp³-hybridized carbons (Fsp3) is 0.875. The second kappa shape index (κ2) is 9.87. The molecule has 2 heterocycles. The van der Waals surface area contributed by atoms with Crippen molar-refractivity contribution in [2.45, 2.75) is 91.8 Å². The number of piperidine rings is 2. The third-order valence-electron chi connectivity index (χ3n) is 6.73. The van der Waals surface area contributed by atoms with Crippen LogP contribution in [-0.4, -0.2) is 70.4 Å². The summed E-state index contributed by atoms with van der Waals surface area (Å²) in [6.45, 7) is 15.0. The molecule has 0 aromatic rings. The molecule has 8 nitrogen and oxygen atoms in total. The summed E-state index contributed by atoms with van der Waals surface area (Å²) in [6, 6.07) is 0. The Hall–Kier alpha value is -1.99. The van der Waals surface area contributed by atoms with Gasteiger partial charge in [0.25, 0.3) is 0 Å². The summed E-state index contributed by atoms with van der Waals surface area (Å²) in [6.07, 6.45) is 2.45. The fourth-order valence-corrected chi connectivity index (χ4v) is 5.22. The van der Waals surface area contributed by atoms with E-state index in [4.69, 9.17) is 9.47 Å². The third-order valence-corrected chi connectivity index (χ3v) is 6.73. The van der Waals surface area contributed by atoms with Crippen LogP contribution in [0.4, 0.5) is 9.59 Å². The molecule has 184 valence electrons. The van der Waals surface area contributed by atoms with Crippen molar-refractivity contribution in [1.29, 1.82) is 0 Å². The molecule has 0 radical (unpaired) electrons. The highest BCUT2D eigenvalue weighted by atomic mass is 16.6. The van der Waals surface area contributed by atoms with Gasteiger partial charge in [-0.1, -0.05) is 6.92 Å². The molecule has 0 aliphatic carbocycles. The Bertz CT molecular complexity index is 630. The Labute approximate surface area is 192 Å². The largest absolute Gasteiger partial charge is 0.481 e. The van der Waals surface area contributed by atoms with Gasteiger partial charge in [-0.2, -0.15) is 0 Å². The van der Waals surface area contributed by atoms with Gasteiger partial charge in [-0.3, -0.25) is 4.79 Å². The zero-order valence-corrected chi connectivity index (χ0v) is 20.9. The van der Waals surface area contributed by atoms with Gasteiger partial charge >= 0.3 is 18.2 Å². The van der Waals surface area contributed by atoms with Gasteiger partial charge in [0.05, 0.1) is 5.41 Å². The van der Waals surface area contributed by atoms with Crippen LogP contribution in [0.3, 0.4) is 0 Å². The molecular formula is C24H42N2O6. The SMILES string of the molecule is CCC(C(=O)O)(C1CCN(C(=O)OC(C)(C)C)CC1)C1CCN(C(=O)OC(C)(C)C)CC1. The molecule has 2 saturated heterocycles. The number of rotatable bonds is 4. The summed E-state index contributed by atoms with van der Waals surface area (Å²) in [5, 5.41) is 10.4. The molecule has 0 unspecified atom stereocenters. The van der Waals surface area contributed by atoms with Gasteiger partial charge in [0, 0.05) is 26.2 Å². The standard InChI is InChI=1S/C24H42N2O6/c1-8-24(19(27)28,17-9-13-25(14-10-17)20(29)31-22(2,3)4)18-11-15-26(16-12-18)21(30)32-23(5,6)7/h17-18H,8-16H2,1-7H3,(H,27,28). The molecule has 0 saturated carbocycles. The van der Waals surface area contributed by atoms with Gasteiger partial charge < -0.3 is 24.4 Å². The van der Waals surface area contributed by atoms with E-state index in [2.05, 4.69) is 0 Å². The first kappa shape index (κ1) is 26.3. The first-order valence-electron chi connectivity index (χ1n) is 11.9. The molecule has 0 aromatic heterocycles. The van der Waals surface area contributed by atoms with E-state index in [9.17, 15) is 19.5 Å². The van der Waals surface area contributed by atoms with Crippen molar-refractivity contribution >= 4 is 18.2 Å². The quantitative estimate of drug-likeness (QED) is 0.658. The number of carbonyl (C=O) groups excluding carboxylic acids is 2. The van der Waals surface area contributed by atoms with Crippen molar-refractivity contribution in [1.82, 2.24) is 9.80 Å². The van der Waals surface area contributed by atoms with Gasteiger partial charge in [0.1, 0.15) is 11.2 Å². The van der Waals surface area contributed by atoms with Crippen LogP contribution in [0.25, 0.3) is 0 Å². The van der Waals surface area contributed by atoms with E-state index in [1.54, 1.807) is 9.80 Å². The highest BCUT2D eigenvalue weighted by Crippen LogP contribution is 2.48. The maximum atomic E-state index is 12.6. The summed E-state index contributed by atoms with van der Waals surface area (Å²) < 4.78 is 11.0. The number of hydrogen-bond acceptors (Lipinski definition) is 5. The Kier molecular flexibility index (Phi) is 8.10. The highest BCUT2D eigenvalue weighted by Gasteiger charge is 2.52. The minimum atomic E-state index is -0.847. The number of carboxylic acid groups (broad SMARTS) is 1. The normalized spacial score (nSPS) is 19.6. The van der Waals surface area contributed by atoms with Crippen molar-refractivity contribution in [3.8, 4) is 0 Å². The molecule has 2 amide bonds. The Morgan fingerprint density at radius 2 is 1.06 bits per heavy atom. The van der Waals surface area contributed by atoms with E-state index >= 15 is 0 Å². The monoisotopic (exact) mass is 454 g/mol. The maximum absolute atomic E-state index is 12.6. The third kappa shape index (κ3) is 6.29. The zero-order chi connectivity index (χ0) is 24.3. The first-order valence-corrected chi connectivity index (χ1v) is 11.9. The molecule has 2 rings (SSSR count). The Morgan fingerprint density at radius 3 is 1.28 bits per heavy atom. The maximum Gasteiger partial charge on any atom is 0.410 e. The lowest BCUT2D eigenvalue weighted by Gasteiger charge is -2.48. The Morgan fingerprint density at radius 1 is 0.750 bits per heavy atom. The molecule has 2 aliphatic rings. The average molecular weight is 455 g/mol. The first-order chi connectivity index (χ1) is 14.7. The molecule has 0 bridgehead atoms. The van der Waals surface area contributed by atoms with Gasteiger partial charge in [0.2, 0.25) is 0 Å². The molecule has 1 N–H and O–H groups in total. The zero-order valence-electron chi connectivity index (χ0n) is 20.9. The smallest absolute Gasteiger partial charge is 0.410 e. The summed E-state index contributed by atoms with van der Waals surface area (Å²) >= 11 is 0. The summed E-state index contributed by atoms with van der Waals surface area (Å²) in [7, 11) is 0. The molecule has 8 heteroatoms. The van der Waals surface area contributed by atoms with Crippen LogP contribution in [-0.2, 0) is 14.3 Å². The molecule has 32 heavy (non-hydrogen) atoms. The van der Waals surface area contributed by atoms with Crippen molar-refractivity contribution in [3.63, 3.8) is 0 Å². The Balaban J connectivity index is 2.05. The molecule has 0 aromatic carbocycles. The summed E-state index contributed by atoms with van der Waals surface area (Å²) in [5.41, 5.74) is -1.95. The number of nitrogens with zero attached hydrogens (tertiary/aromatic N) is 2. The minimum absolute atomic E-state index is 0.0123.